The van der Waals surface area contributed by atoms with Crippen LogP contribution in [-0.4, -0.2) is 10.9 Å². The average molecular weight is 250 g/mol. The molecular formula is C13H18N2OS. The lowest BCUT2D eigenvalue weighted by Crippen LogP contribution is -2.35. The first-order valence-corrected chi connectivity index (χ1v) is 6.10. The van der Waals surface area contributed by atoms with Crippen molar-refractivity contribution >= 4 is 23.1 Å². The predicted molar refractivity (Wildman–Crippen MR) is 73.6 cm³/mol. The summed E-state index contributed by atoms with van der Waals surface area (Å²) in [7, 11) is 0. The SMILES string of the molecule is CCc1ccc(CNC(=O)C(C)C(N)=S)cc1. The van der Waals surface area contributed by atoms with Gasteiger partial charge in [0.1, 0.15) is 0 Å². The third-order valence-electron chi connectivity index (χ3n) is 2.72. The maximum atomic E-state index is 11.6. The third kappa shape index (κ3) is 4.15. The van der Waals surface area contributed by atoms with Gasteiger partial charge in [-0.25, -0.2) is 0 Å². The lowest BCUT2D eigenvalue weighted by Gasteiger charge is -2.10. The standard InChI is InChI=1S/C13H18N2OS/c1-3-10-4-6-11(7-5-10)8-15-13(16)9(2)12(14)17/h4-7,9H,3,8H2,1-2H3,(H2,14,17)(H,15,16). The van der Waals surface area contributed by atoms with Crippen molar-refractivity contribution in [2.45, 2.75) is 26.8 Å². The molecule has 3 N–H and O–H groups in total. The summed E-state index contributed by atoms with van der Waals surface area (Å²) in [6.07, 6.45) is 1.02. The number of benzene rings is 1. The van der Waals surface area contributed by atoms with E-state index in [2.05, 4.69) is 24.4 Å². The number of thiocarbonyl (C=S) groups is 1. The Hall–Kier alpha value is -1.42. The highest BCUT2D eigenvalue weighted by Crippen LogP contribution is 2.05. The molecule has 1 atom stereocenters. The molecule has 0 spiro atoms. The zero-order valence-corrected chi connectivity index (χ0v) is 11.0. The van der Waals surface area contributed by atoms with Crippen LogP contribution in [0.2, 0.25) is 0 Å². The van der Waals surface area contributed by atoms with Crippen LogP contribution in [0.4, 0.5) is 0 Å². The zero-order chi connectivity index (χ0) is 12.8. The predicted octanol–water partition coefficient (Wildman–Crippen LogP) is 1.79. The second-order valence-corrected chi connectivity index (χ2v) is 4.48. The smallest absolute Gasteiger partial charge is 0.229 e. The number of rotatable bonds is 5. The first kappa shape index (κ1) is 13.6. The van der Waals surface area contributed by atoms with Crippen LogP contribution in [0, 0.1) is 5.92 Å². The number of carbonyl (C=O) groups is 1. The fourth-order valence-electron chi connectivity index (χ4n) is 1.36. The summed E-state index contributed by atoms with van der Waals surface area (Å²) in [5.74, 6) is -0.544. The number of hydrogen-bond acceptors (Lipinski definition) is 2. The average Bonchev–Trinajstić information content (AvgIpc) is 2.35. The molecule has 0 radical (unpaired) electrons. The van der Waals surface area contributed by atoms with Crippen molar-refractivity contribution < 1.29 is 4.79 Å². The van der Waals surface area contributed by atoms with Gasteiger partial charge in [-0.2, -0.15) is 0 Å². The van der Waals surface area contributed by atoms with Gasteiger partial charge in [-0.15, -0.1) is 0 Å². The van der Waals surface area contributed by atoms with Gasteiger partial charge in [0.2, 0.25) is 5.91 Å². The highest BCUT2D eigenvalue weighted by atomic mass is 32.1. The van der Waals surface area contributed by atoms with Crippen LogP contribution in [0.1, 0.15) is 25.0 Å². The molecule has 4 heteroatoms. The number of carbonyl (C=O) groups excluding carboxylic acids is 1. The minimum atomic E-state index is -0.417. The molecule has 0 bridgehead atoms. The van der Waals surface area contributed by atoms with Gasteiger partial charge in [0.25, 0.3) is 0 Å². The lowest BCUT2D eigenvalue weighted by atomic mass is 10.1. The first-order chi connectivity index (χ1) is 8.04. The molecule has 1 rings (SSSR count). The minimum Gasteiger partial charge on any atom is -0.393 e. The highest BCUT2D eigenvalue weighted by Gasteiger charge is 2.14. The van der Waals surface area contributed by atoms with E-state index in [1.165, 1.54) is 5.56 Å². The second kappa shape index (κ2) is 6.35. The van der Waals surface area contributed by atoms with Crippen molar-refractivity contribution in [2.75, 3.05) is 0 Å². The first-order valence-electron chi connectivity index (χ1n) is 5.69. The maximum Gasteiger partial charge on any atom is 0.229 e. The molecule has 1 aromatic carbocycles. The van der Waals surface area contributed by atoms with Crippen molar-refractivity contribution in [3.63, 3.8) is 0 Å². The molecule has 1 aromatic rings. The van der Waals surface area contributed by atoms with E-state index in [9.17, 15) is 4.79 Å². The molecule has 0 saturated heterocycles. The van der Waals surface area contributed by atoms with Crippen molar-refractivity contribution in [2.24, 2.45) is 11.7 Å². The van der Waals surface area contributed by atoms with Gasteiger partial charge in [0.05, 0.1) is 10.9 Å². The Morgan fingerprint density at radius 2 is 1.88 bits per heavy atom. The summed E-state index contributed by atoms with van der Waals surface area (Å²) >= 11 is 4.78. The van der Waals surface area contributed by atoms with Crippen molar-refractivity contribution in [1.29, 1.82) is 0 Å². The van der Waals surface area contributed by atoms with E-state index in [1.54, 1.807) is 6.92 Å². The molecule has 1 amide bonds. The van der Waals surface area contributed by atoms with Gasteiger partial charge in [-0.1, -0.05) is 43.4 Å². The van der Waals surface area contributed by atoms with Crippen molar-refractivity contribution in [1.82, 2.24) is 5.32 Å². The molecule has 0 heterocycles. The molecule has 0 fully saturated rings. The quantitative estimate of drug-likeness (QED) is 0.783. The second-order valence-electron chi connectivity index (χ2n) is 4.01. The van der Waals surface area contributed by atoms with Crippen LogP contribution < -0.4 is 11.1 Å². The number of amides is 1. The number of nitrogens with two attached hydrogens (primary N) is 1. The Labute approximate surface area is 107 Å². The van der Waals surface area contributed by atoms with Crippen molar-refractivity contribution in [3.8, 4) is 0 Å². The molecule has 1 unspecified atom stereocenters. The van der Waals surface area contributed by atoms with Gasteiger partial charge < -0.3 is 11.1 Å². The summed E-state index contributed by atoms with van der Waals surface area (Å²) < 4.78 is 0. The van der Waals surface area contributed by atoms with Gasteiger partial charge in [-0.05, 0) is 24.5 Å². The van der Waals surface area contributed by atoms with E-state index in [-0.39, 0.29) is 10.9 Å². The van der Waals surface area contributed by atoms with Crippen LogP contribution >= 0.6 is 12.2 Å². The summed E-state index contributed by atoms with van der Waals surface area (Å²) in [4.78, 5) is 11.8. The Kier molecular flexibility index (Phi) is 5.10. The Morgan fingerprint density at radius 3 is 2.35 bits per heavy atom. The molecule has 0 aliphatic heterocycles. The van der Waals surface area contributed by atoms with E-state index >= 15 is 0 Å². The topological polar surface area (TPSA) is 55.1 Å². The lowest BCUT2D eigenvalue weighted by molar-refractivity contribution is -0.122. The number of aryl methyl sites for hydroxylation is 1. The summed E-state index contributed by atoms with van der Waals surface area (Å²) in [6.45, 7) is 4.33. The third-order valence-corrected chi connectivity index (χ3v) is 3.07. The molecule has 3 nitrogen and oxygen atoms in total. The van der Waals surface area contributed by atoms with E-state index in [1.807, 2.05) is 12.1 Å². The normalized spacial score (nSPS) is 11.9. The molecule has 0 aromatic heterocycles. The fraction of sp³-hybridized carbons (Fsp3) is 0.385. The van der Waals surface area contributed by atoms with Crippen LogP contribution in [0.3, 0.4) is 0 Å². The number of nitrogens with one attached hydrogen (secondary N) is 1. The maximum absolute atomic E-state index is 11.6. The number of hydrogen-bond donors (Lipinski definition) is 2. The highest BCUT2D eigenvalue weighted by molar-refractivity contribution is 7.80. The molecule has 0 aliphatic rings. The molecule has 0 aliphatic carbocycles. The van der Waals surface area contributed by atoms with E-state index < -0.39 is 5.92 Å². The molecule has 0 saturated carbocycles. The van der Waals surface area contributed by atoms with Gasteiger partial charge in [0.15, 0.2) is 0 Å². The Balaban J connectivity index is 2.50. The molecule has 92 valence electrons. The van der Waals surface area contributed by atoms with Crippen LogP contribution in [0.25, 0.3) is 0 Å². The summed E-state index contributed by atoms with van der Waals surface area (Å²) in [5, 5.41) is 2.81. The summed E-state index contributed by atoms with van der Waals surface area (Å²) in [6, 6.07) is 8.17. The minimum absolute atomic E-state index is 0.128. The molecule has 17 heavy (non-hydrogen) atoms. The fourth-order valence-corrected chi connectivity index (χ4v) is 1.47. The van der Waals surface area contributed by atoms with E-state index in [0.717, 1.165) is 12.0 Å². The molecular weight excluding hydrogens is 232 g/mol. The van der Waals surface area contributed by atoms with Crippen LogP contribution in [-0.2, 0) is 17.8 Å². The van der Waals surface area contributed by atoms with Crippen LogP contribution in [0.5, 0.6) is 0 Å². The monoisotopic (exact) mass is 250 g/mol. The van der Waals surface area contributed by atoms with E-state index in [4.69, 9.17) is 18.0 Å². The Bertz CT molecular complexity index is 400. The van der Waals surface area contributed by atoms with Gasteiger partial charge in [0, 0.05) is 6.54 Å². The van der Waals surface area contributed by atoms with Gasteiger partial charge >= 0.3 is 0 Å². The zero-order valence-electron chi connectivity index (χ0n) is 10.2. The van der Waals surface area contributed by atoms with E-state index in [0.29, 0.717) is 6.54 Å². The van der Waals surface area contributed by atoms with Gasteiger partial charge in [-0.3, -0.25) is 4.79 Å². The summed E-state index contributed by atoms with van der Waals surface area (Å²) in [5.41, 5.74) is 7.78. The van der Waals surface area contributed by atoms with Crippen LogP contribution in [0.15, 0.2) is 24.3 Å². The Morgan fingerprint density at radius 1 is 1.35 bits per heavy atom. The largest absolute Gasteiger partial charge is 0.393 e. The van der Waals surface area contributed by atoms with Crippen molar-refractivity contribution in [3.05, 3.63) is 35.4 Å².